The van der Waals surface area contributed by atoms with Crippen LogP contribution < -0.4 is 0 Å². The molecule has 1 atom stereocenters. The molecule has 0 aliphatic rings. The van der Waals surface area contributed by atoms with E-state index in [1.54, 1.807) is 0 Å². The molecule has 0 spiro atoms. The van der Waals surface area contributed by atoms with Gasteiger partial charge in [-0.1, -0.05) is 101 Å². The van der Waals surface area contributed by atoms with E-state index in [9.17, 15) is 4.79 Å². The quantitative estimate of drug-likeness (QED) is 0.359. The first-order valence-corrected chi connectivity index (χ1v) is 10.2. The number of hydrogen-bond acceptors (Lipinski definition) is 4. The number of nitrogens with zero attached hydrogens (tertiary/aromatic N) is 3. The molecule has 0 radical (unpaired) electrons. The van der Waals surface area contributed by atoms with Crippen molar-refractivity contribution >= 4 is 5.78 Å². The van der Waals surface area contributed by atoms with Gasteiger partial charge in [0.05, 0.1) is 5.92 Å². The average Bonchev–Trinajstić information content (AvgIpc) is 3.21. The molecule has 1 aromatic carbocycles. The average molecular weight is 357 g/mol. The summed E-state index contributed by atoms with van der Waals surface area (Å²) in [6, 6.07) is 9.42. The van der Waals surface area contributed by atoms with E-state index < -0.39 is 0 Å². The molecule has 1 N–H and O–H groups in total. The van der Waals surface area contributed by atoms with Crippen LogP contribution in [0.15, 0.2) is 30.3 Å². The normalized spacial score (nSPS) is 12.2. The number of H-pyrrole nitrogens is 1. The van der Waals surface area contributed by atoms with Crippen LogP contribution in [0.3, 0.4) is 0 Å². The van der Waals surface area contributed by atoms with Crippen LogP contribution in [0.25, 0.3) is 0 Å². The standard InChI is InChI=1S/C21H32N4O/c1-2-3-4-5-6-7-8-9-10-14-17-19(21-22-24-25-23-21)20(26)18-15-12-11-13-16-18/h11-13,15-16,19H,2-10,14,17H2,1H3,(H,22,23,24,25). The summed E-state index contributed by atoms with van der Waals surface area (Å²) in [4.78, 5) is 12.8. The maximum absolute atomic E-state index is 12.8. The highest BCUT2D eigenvalue weighted by atomic mass is 16.1. The smallest absolute Gasteiger partial charge is 0.173 e. The number of nitrogens with one attached hydrogen (secondary N) is 1. The van der Waals surface area contributed by atoms with E-state index in [4.69, 9.17) is 0 Å². The maximum Gasteiger partial charge on any atom is 0.173 e. The van der Waals surface area contributed by atoms with Gasteiger partial charge in [0.25, 0.3) is 0 Å². The molecule has 0 fully saturated rings. The van der Waals surface area contributed by atoms with Crippen LogP contribution in [-0.2, 0) is 0 Å². The molecule has 0 bridgehead atoms. The lowest BCUT2D eigenvalue weighted by Crippen LogP contribution is -2.15. The lowest BCUT2D eigenvalue weighted by Gasteiger charge is -2.12. The summed E-state index contributed by atoms with van der Waals surface area (Å²) in [5.74, 6) is 0.399. The van der Waals surface area contributed by atoms with Crippen molar-refractivity contribution in [1.29, 1.82) is 0 Å². The summed E-state index contributed by atoms with van der Waals surface area (Å²) in [6.45, 7) is 2.25. The van der Waals surface area contributed by atoms with E-state index >= 15 is 0 Å². The Balaban J connectivity index is 1.71. The highest BCUT2D eigenvalue weighted by Crippen LogP contribution is 2.24. The van der Waals surface area contributed by atoms with Gasteiger partial charge in [0.1, 0.15) is 0 Å². The molecule has 5 heteroatoms. The van der Waals surface area contributed by atoms with Gasteiger partial charge in [0, 0.05) is 5.56 Å². The fraction of sp³-hybridized carbons (Fsp3) is 0.619. The van der Waals surface area contributed by atoms with Gasteiger partial charge in [-0.15, -0.1) is 5.10 Å². The molecular formula is C21H32N4O. The number of ketones is 1. The molecule has 0 saturated carbocycles. The molecule has 26 heavy (non-hydrogen) atoms. The van der Waals surface area contributed by atoms with Crippen molar-refractivity contribution in [3.8, 4) is 0 Å². The van der Waals surface area contributed by atoms with Gasteiger partial charge in [0.15, 0.2) is 11.6 Å². The topological polar surface area (TPSA) is 71.5 Å². The number of rotatable bonds is 14. The molecular weight excluding hydrogens is 324 g/mol. The SMILES string of the molecule is CCCCCCCCCCCCC(C(=O)c1ccccc1)c1nnn[nH]1. The Morgan fingerprint density at radius 2 is 1.54 bits per heavy atom. The number of hydrogen-bond donors (Lipinski definition) is 1. The molecule has 142 valence electrons. The van der Waals surface area contributed by atoms with E-state index in [0.29, 0.717) is 5.82 Å². The van der Waals surface area contributed by atoms with Crippen molar-refractivity contribution in [1.82, 2.24) is 20.6 Å². The summed E-state index contributed by atoms with van der Waals surface area (Å²) in [7, 11) is 0. The minimum atomic E-state index is -0.276. The predicted molar refractivity (Wildman–Crippen MR) is 104 cm³/mol. The maximum atomic E-state index is 12.8. The monoisotopic (exact) mass is 356 g/mol. The first kappa shape index (κ1) is 20.3. The summed E-state index contributed by atoms with van der Waals surface area (Å²) in [5, 5.41) is 14.1. The Labute approximate surface area is 157 Å². The van der Waals surface area contributed by atoms with Crippen LogP contribution in [-0.4, -0.2) is 26.4 Å². The highest BCUT2D eigenvalue weighted by molar-refractivity contribution is 6.00. The highest BCUT2D eigenvalue weighted by Gasteiger charge is 2.24. The van der Waals surface area contributed by atoms with Crippen LogP contribution in [0.4, 0.5) is 0 Å². The molecule has 5 nitrogen and oxygen atoms in total. The molecule has 2 rings (SSSR count). The predicted octanol–water partition coefficient (Wildman–Crippen LogP) is 5.48. The minimum Gasteiger partial charge on any atom is -0.293 e. The zero-order chi connectivity index (χ0) is 18.5. The molecule has 1 heterocycles. The first-order valence-electron chi connectivity index (χ1n) is 10.2. The molecule has 1 aromatic heterocycles. The second-order valence-electron chi connectivity index (χ2n) is 7.04. The number of benzene rings is 1. The number of aromatic nitrogens is 4. The number of carbonyl (C=O) groups is 1. The summed E-state index contributed by atoms with van der Waals surface area (Å²) < 4.78 is 0. The second-order valence-corrected chi connectivity index (χ2v) is 7.04. The van der Waals surface area contributed by atoms with Crippen LogP contribution in [0.5, 0.6) is 0 Å². The van der Waals surface area contributed by atoms with Gasteiger partial charge < -0.3 is 0 Å². The number of tetrazole rings is 1. The third-order valence-corrected chi connectivity index (χ3v) is 4.91. The van der Waals surface area contributed by atoms with Crippen molar-refractivity contribution in [3.05, 3.63) is 41.7 Å². The summed E-state index contributed by atoms with van der Waals surface area (Å²) >= 11 is 0. The fourth-order valence-electron chi connectivity index (χ4n) is 3.35. The zero-order valence-corrected chi connectivity index (χ0v) is 16.0. The first-order chi connectivity index (χ1) is 12.8. The van der Waals surface area contributed by atoms with Gasteiger partial charge >= 0.3 is 0 Å². The van der Waals surface area contributed by atoms with E-state index in [1.165, 1.54) is 51.4 Å². The van der Waals surface area contributed by atoms with Crippen LogP contribution >= 0.6 is 0 Å². The van der Waals surface area contributed by atoms with E-state index in [-0.39, 0.29) is 11.7 Å². The zero-order valence-electron chi connectivity index (χ0n) is 16.0. The summed E-state index contributed by atoms with van der Waals surface area (Å²) in [6.07, 6.45) is 13.7. The van der Waals surface area contributed by atoms with Gasteiger partial charge in [-0.05, 0) is 16.8 Å². The number of aromatic amines is 1. The molecule has 0 aliphatic carbocycles. The van der Waals surface area contributed by atoms with Crippen LogP contribution in [0.2, 0.25) is 0 Å². The molecule has 0 aliphatic heterocycles. The van der Waals surface area contributed by atoms with Crippen molar-refractivity contribution in [2.75, 3.05) is 0 Å². The van der Waals surface area contributed by atoms with E-state index in [1.807, 2.05) is 30.3 Å². The number of Topliss-reactive ketones (excluding diaryl/α,β-unsaturated/α-hetero) is 1. The molecule has 0 saturated heterocycles. The van der Waals surface area contributed by atoms with E-state index in [0.717, 1.165) is 24.8 Å². The van der Waals surface area contributed by atoms with Crippen molar-refractivity contribution in [2.24, 2.45) is 0 Å². The van der Waals surface area contributed by atoms with Crippen LogP contribution in [0, 0.1) is 0 Å². The Kier molecular flexibility index (Phi) is 9.62. The van der Waals surface area contributed by atoms with Gasteiger partial charge in [-0.2, -0.15) is 0 Å². The van der Waals surface area contributed by atoms with Gasteiger partial charge in [-0.3, -0.25) is 4.79 Å². The van der Waals surface area contributed by atoms with Crippen molar-refractivity contribution < 1.29 is 4.79 Å². The molecule has 2 aromatic rings. The third kappa shape index (κ3) is 7.06. The Bertz CT molecular complexity index is 598. The molecule has 0 amide bonds. The Morgan fingerprint density at radius 3 is 2.12 bits per heavy atom. The van der Waals surface area contributed by atoms with Gasteiger partial charge in [0.2, 0.25) is 0 Å². The lowest BCUT2D eigenvalue weighted by atomic mass is 9.91. The number of carbonyl (C=O) groups excluding carboxylic acids is 1. The van der Waals surface area contributed by atoms with Crippen molar-refractivity contribution in [2.45, 2.75) is 83.5 Å². The largest absolute Gasteiger partial charge is 0.293 e. The lowest BCUT2D eigenvalue weighted by molar-refractivity contribution is 0.0950. The summed E-state index contributed by atoms with van der Waals surface area (Å²) in [5.41, 5.74) is 0.723. The van der Waals surface area contributed by atoms with E-state index in [2.05, 4.69) is 27.5 Å². The second kappa shape index (κ2) is 12.3. The Hall–Kier alpha value is -2.04. The van der Waals surface area contributed by atoms with Gasteiger partial charge in [-0.25, -0.2) is 5.10 Å². The Morgan fingerprint density at radius 1 is 0.923 bits per heavy atom. The minimum absolute atomic E-state index is 0.0973. The molecule has 1 unspecified atom stereocenters. The van der Waals surface area contributed by atoms with Crippen LogP contribution in [0.1, 0.15) is 99.7 Å². The third-order valence-electron chi connectivity index (χ3n) is 4.91. The van der Waals surface area contributed by atoms with Crippen molar-refractivity contribution in [3.63, 3.8) is 0 Å². The fourth-order valence-corrected chi connectivity index (χ4v) is 3.35. The number of unbranched alkanes of at least 4 members (excludes halogenated alkanes) is 9.